The van der Waals surface area contributed by atoms with Gasteiger partial charge in [0, 0.05) is 19.0 Å². The monoisotopic (exact) mass is 550 g/mol. The highest BCUT2D eigenvalue weighted by molar-refractivity contribution is 5.91. The molecule has 2 aliphatic rings. The van der Waals surface area contributed by atoms with Gasteiger partial charge in [0.25, 0.3) is 0 Å². The van der Waals surface area contributed by atoms with Crippen molar-refractivity contribution in [3.63, 3.8) is 0 Å². The molecule has 0 bridgehead atoms. The number of hydrogen-bond donors (Lipinski definition) is 3. The van der Waals surface area contributed by atoms with Gasteiger partial charge in [-0.3, -0.25) is 14.5 Å². The highest BCUT2D eigenvalue weighted by Gasteiger charge is 2.37. The zero-order valence-electron chi connectivity index (χ0n) is 23.3. The molecule has 1 aliphatic heterocycles. The van der Waals surface area contributed by atoms with Crippen LogP contribution in [0.3, 0.4) is 0 Å². The zero-order valence-corrected chi connectivity index (χ0v) is 23.3. The Morgan fingerprint density at radius 1 is 1.02 bits per heavy atom. The molecule has 2 aromatic carbocycles. The van der Waals surface area contributed by atoms with Crippen LogP contribution in [0.2, 0.25) is 0 Å². The highest BCUT2D eigenvalue weighted by atomic mass is 16.6. The molecule has 1 unspecified atom stereocenters. The molecule has 2 aromatic rings. The molecular weight excluding hydrogens is 512 g/mol. The number of nitrogens with zero attached hydrogens (tertiary/aromatic N) is 1. The van der Waals surface area contributed by atoms with Crippen molar-refractivity contribution in [2.45, 2.75) is 70.1 Å². The predicted molar refractivity (Wildman–Crippen MR) is 149 cm³/mol. The molecule has 1 heterocycles. The van der Waals surface area contributed by atoms with E-state index >= 15 is 0 Å². The third kappa shape index (κ3) is 6.91. The second-order valence-corrected chi connectivity index (χ2v) is 11.2. The van der Waals surface area contributed by atoms with Gasteiger partial charge in [-0.25, -0.2) is 9.59 Å². The number of rotatable bonds is 9. The number of carbonyl (C=O) groups is 4. The van der Waals surface area contributed by atoms with Gasteiger partial charge in [-0.15, -0.1) is 0 Å². The summed E-state index contributed by atoms with van der Waals surface area (Å²) in [6.45, 7) is 6.12. The van der Waals surface area contributed by atoms with Gasteiger partial charge < -0.3 is 25.8 Å². The van der Waals surface area contributed by atoms with Crippen molar-refractivity contribution < 1.29 is 28.7 Å². The summed E-state index contributed by atoms with van der Waals surface area (Å²) < 4.78 is 10.9. The van der Waals surface area contributed by atoms with Crippen LogP contribution < -0.4 is 16.4 Å². The molecule has 0 radical (unpaired) electrons. The number of nitrogens with two attached hydrogens (primary N) is 1. The van der Waals surface area contributed by atoms with Crippen LogP contribution in [0.5, 0.6) is 0 Å². The summed E-state index contributed by atoms with van der Waals surface area (Å²) in [5.74, 6) is -1.17. The van der Waals surface area contributed by atoms with Gasteiger partial charge in [-0.2, -0.15) is 0 Å². The molecule has 4 rings (SSSR count). The molecule has 10 nitrogen and oxygen atoms in total. The second kappa shape index (κ2) is 12.4. The van der Waals surface area contributed by atoms with Crippen LogP contribution in [-0.2, 0) is 19.1 Å². The minimum atomic E-state index is -0.933. The van der Waals surface area contributed by atoms with Crippen LogP contribution in [0.15, 0.2) is 48.5 Å². The Morgan fingerprint density at radius 3 is 2.25 bits per heavy atom. The molecule has 0 spiro atoms. The van der Waals surface area contributed by atoms with E-state index < -0.39 is 41.7 Å². The van der Waals surface area contributed by atoms with Crippen LogP contribution in [0.1, 0.15) is 63.5 Å². The number of likely N-dealkylation sites (tertiary alicyclic amines) is 1. The van der Waals surface area contributed by atoms with Crippen LogP contribution in [0.25, 0.3) is 11.1 Å². The molecule has 214 valence electrons. The number of hydrogen-bond acceptors (Lipinski definition) is 6. The maximum atomic E-state index is 12.9. The zero-order chi connectivity index (χ0) is 28.9. The summed E-state index contributed by atoms with van der Waals surface area (Å²) in [6.07, 6.45) is 0.624. The van der Waals surface area contributed by atoms with Crippen LogP contribution >= 0.6 is 0 Å². The molecule has 4 amide bonds. The predicted octanol–water partition coefficient (Wildman–Crippen LogP) is 3.67. The third-order valence-corrected chi connectivity index (χ3v) is 7.13. The van der Waals surface area contributed by atoms with Gasteiger partial charge in [0.05, 0.1) is 0 Å². The fraction of sp³-hybridized carbons (Fsp3) is 0.467. The van der Waals surface area contributed by atoms with Crippen LogP contribution in [0, 0.1) is 0 Å². The Bertz CT molecular complexity index is 1210. The number of alkyl carbamates (subject to hydrolysis) is 1. The van der Waals surface area contributed by atoms with E-state index in [1.165, 1.54) is 4.90 Å². The number of carbonyl (C=O) groups excluding carboxylic acids is 4. The van der Waals surface area contributed by atoms with Crippen molar-refractivity contribution in [2.24, 2.45) is 5.73 Å². The maximum Gasteiger partial charge on any atom is 0.410 e. The largest absolute Gasteiger partial charge is 0.449 e. The van der Waals surface area contributed by atoms with Gasteiger partial charge in [0.15, 0.2) is 0 Å². The van der Waals surface area contributed by atoms with E-state index in [1.54, 1.807) is 20.8 Å². The number of ether oxygens (including phenoxy) is 2. The summed E-state index contributed by atoms with van der Waals surface area (Å²) in [5, 5.41) is 5.37. The lowest BCUT2D eigenvalue weighted by atomic mass is 9.98. The first-order valence-corrected chi connectivity index (χ1v) is 13.7. The number of amides is 4. The summed E-state index contributed by atoms with van der Waals surface area (Å²) >= 11 is 0. The molecule has 2 atom stereocenters. The van der Waals surface area contributed by atoms with E-state index in [1.807, 2.05) is 24.3 Å². The first kappa shape index (κ1) is 28.9. The maximum absolute atomic E-state index is 12.9. The van der Waals surface area contributed by atoms with E-state index in [0.29, 0.717) is 25.8 Å². The topological polar surface area (TPSA) is 140 Å². The van der Waals surface area contributed by atoms with Crippen molar-refractivity contribution in [1.29, 1.82) is 0 Å². The lowest BCUT2D eigenvalue weighted by Crippen LogP contribution is -2.53. The van der Waals surface area contributed by atoms with Gasteiger partial charge in [0.2, 0.25) is 11.8 Å². The molecule has 4 N–H and O–H groups in total. The van der Waals surface area contributed by atoms with Crippen LogP contribution in [0.4, 0.5) is 9.59 Å². The third-order valence-electron chi connectivity index (χ3n) is 7.13. The van der Waals surface area contributed by atoms with Gasteiger partial charge >= 0.3 is 12.2 Å². The Balaban J connectivity index is 1.22. The van der Waals surface area contributed by atoms with Crippen molar-refractivity contribution in [1.82, 2.24) is 15.5 Å². The Morgan fingerprint density at radius 2 is 1.65 bits per heavy atom. The lowest BCUT2D eigenvalue weighted by Gasteiger charge is -2.28. The van der Waals surface area contributed by atoms with Crippen molar-refractivity contribution >= 4 is 24.0 Å². The van der Waals surface area contributed by atoms with Crippen LogP contribution in [-0.4, -0.2) is 66.3 Å². The average Bonchev–Trinajstić information content (AvgIpc) is 3.52. The Hall–Kier alpha value is -4.08. The first-order chi connectivity index (χ1) is 19.0. The highest BCUT2D eigenvalue weighted by Crippen LogP contribution is 2.44. The molecule has 10 heteroatoms. The summed E-state index contributed by atoms with van der Waals surface area (Å²) in [7, 11) is 0. The number of benzene rings is 2. The van der Waals surface area contributed by atoms with E-state index in [9.17, 15) is 19.2 Å². The van der Waals surface area contributed by atoms with E-state index in [4.69, 9.17) is 15.2 Å². The number of primary amides is 1. The molecule has 40 heavy (non-hydrogen) atoms. The molecule has 1 aliphatic carbocycles. The standard InChI is InChI=1S/C30H38N4O6/c1-30(2,3)40-29(38)34-17-9-15-25(34)27(36)33-24(26(31)35)14-8-16-32-28(37)39-18-23-21-12-6-4-10-19(21)20-11-5-7-13-22(20)23/h4-7,10-13,23-25H,8-9,14-18H2,1-3H3,(H2,31,35)(H,32,37)(H,33,36)/t24-,25?/m0/s1. The normalized spacial score (nSPS) is 17.0. The molecule has 0 saturated carbocycles. The quantitative estimate of drug-likeness (QED) is 0.407. The van der Waals surface area contributed by atoms with Gasteiger partial charge in [-0.1, -0.05) is 48.5 Å². The number of fused-ring (bicyclic) bond motifs is 3. The first-order valence-electron chi connectivity index (χ1n) is 13.7. The van der Waals surface area contributed by atoms with Crippen molar-refractivity contribution in [2.75, 3.05) is 19.7 Å². The molecule has 1 fully saturated rings. The van der Waals surface area contributed by atoms with Crippen molar-refractivity contribution in [3.8, 4) is 11.1 Å². The minimum absolute atomic E-state index is 0.0385. The fourth-order valence-corrected chi connectivity index (χ4v) is 5.28. The second-order valence-electron chi connectivity index (χ2n) is 11.2. The number of nitrogens with one attached hydrogen (secondary N) is 2. The van der Waals surface area contributed by atoms with E-state index in [0.717, 1.165) is 22.3 Å². The van der Waals surface area contributed by atoms with Gasteiger partial charge in [-0.05, 0) is 68.7 Å². The summed E-state index contributed by atoms with van der Waals surface area (Å²) in [6, 6.07) is 14.6. The molecule has 1 saturated heterocycles. The molecule has 0 aromatic heterocycles. The smallest absolute Gasteiger partial charge is 0.410 e. The minimum Gasteiger partial charge on any atom is -0.449 e. The van der Waals surface area contributed by atoms with E-state index in [-0.39, 0.29) is 25.5 Å². The summed E-state index contributed by atoms with van der Waals surface area (Å²) in [4.78, 5) is 51.2. The Kier molecular flexibility index (Phi) is 8.96. The van der Waals surface area contributed by atoms with Gasteiger partial charge in [0.1, 0.15) is 24.3 Å². The SMILES string of the molecule is CC(C)(C)OC(=O)N1CCCC1C(=O)N[C@@H](CCCNC(=O)OCC1c2ccccc2-c2ccccc21)C(N)=O. The van der Waals surface area contributed by atoms with Crippen molar-refractivity contribution in [3.05, 3.63) is 59.7 Å². The Labute approximate surface area is 234 Å². The summed E-state index contributed by atoms with van der Waals surface area (Å²) in [5.41, 5.74) is 9.40. The lowest BCUT2D eigenvalue weighted by molar-refractivity contribution is -0.130. The van der Waals surface area contributed by atoms with E-state index in [2.05, 4.69) is 34.9 Å². The molecular formula is C30H38N4O6. The fourth-order valence-electron chi connectivity index (χ4n) is 5.28. The average molecular weight is 551 g/mol.